The topological polar surface area (TPSA) is 21.3 Å². The number of unbranched alkanes of at least 4 members (excludes halogenated alkanes) is 3. The highest BCUT2D eigenvalue weighted by atomic mass is 16.5. The summed E-state index contributed by atoms with van der Waals surface area (Å²) in [6.45, 7) is 11.9. The molecule has 0 atom stereocenters. The SMILES string of the molecule is C=CCCCCCOc1ccccc1CNC(C)(C)C. The molecule has 112 valence electrons. The zero-order valence-electron chi connectivity index (χ0n) is 13.2. The predicted octanol–water partition coefficient (Wildman–Crippen LogP) is 4.70. The Kier molecular flexibility index (Phi) is 7.38. The zero-order valence-corrected chi connectivity index (χ0v) is 13.2. The van der Waals surface area contributed by atoms with Crippen LogP contribution in [0.5, 0.6) is 5.75 Å². The number of rotatable bonds is 9. The van der Waals surface area contributed by atoms with Crippen molar-refractivity contribution in [1.82, 2.24) is 5.32 Å². The van der Waals surface area contributed by atoms with E-state index in [0.717, 1.165) is 31.7 Å². The summed E-state index contributed by atoms with van der Waals surface area (Å²) >= 11 is 0. The molecule has 0 unspecified atom stereocenters. The summed E-state index contributed by atoms with van der Waals surface area (Å²) in [7, 11) is 0. The van der Waals surface area contributed by atoms with Gasteiger partial charge in [0.05, 0.1) is 6.61 Å². The molecular formula is C18H29NO. The van der Waals surface area contributed by atoms with Gasteiger partial charge in [-0.05, 0) is 52.5 Å². The van der Waals surface area contributed by atoms with Crippen molar-refractivity contribution in [3.8, 4) is 5.75 Å². The van der Waals surface area contributed by atoms with Crippen molar-refractivity contribution < 1.29 is 4.74 Å². The van der Waals surface area contributed by atoms with Crippen LogP contribution in [0.1, 0.15) is 52.0 Å². The fraction of sp³-hybridized carbons (Fsp3) is 0.556. The minimum Gasteiger partial charge on any atom is -0.493 e. The molecule has 1 aromatic rings. The van der Waals surface area contributed by atoms with Crippen LogP contribution in [0.25, 0.3) is 0 Å². The van der Waals surface area contributed by atoms with Gasteiger partial charge in [0.2, 0.25) is 0 Å². The Labute approximate surface area is 124 Å². The van der Waals surface area contributed by atoms with Gasteiger partial charge in [-0.15, -0.1) is 6.58 Å². The van der Waals surface area contributed by atoms with Crippen molar-refractivity contribution in [2.45, 2.75) is 58.5 Å². The summed E-state index contributed by atoms with van der Waals surface area (Å²) in [5.41, 5.74) is 1.35. The molecule has 0 spiro atoms. The van der Waals surface area contributed by atoms with Crippen molar-refractivity contribution in [2.24, 2.45) is 0 Å². The first-order valence-electron chi connectivity index (χ1n) is 7.59. The number of hydrogen-bond acceptors (Lipinski definition) is 2. The number of benzene rings is 1. The molecule has 0 heterocycles. The van der Waals surface area contributed by atoms with E-state index < -0.39 is 0 Å². The molecule has 0 fully saturated rings. The molecule has 0 saturated carbocycles. The van der Waals surface area contributed by atoms with Crippen molar-refractivity contribution in [2.75, 3.05) is 6.61 Å². The van der Waals surface area contributed by atoms with Crippen LogP contribution in [-0.4, -0.2) is 12.1 Å². The van der Waals surface area contributed by atoms with Gasteiger partial charge in [-0.2, -0.15) is 0 Å². The second kappa shape index (κ2) is 8.80. The smallest absolute Gasteiger partial charge is 0.123 e. The highest BCUT2D eigenvalue weighted by molar-refractivity contribution is 5.33. The summed E-state index contributed by atoms with van der Waals surface area (Å²) in [6, 6.07) is 8.29. The van der Waals surface area contributed by atoms with Crippen LogP contribution in [0, 0.1) is 0 Å². The van der Waals surface area contributed by atoms with Gasteiger partial charge in [-0.3, -0.25) is 0 Å². The summed E-state index contributed by atoms with van der Waals surface area (Å²) in [5.74, 6) is 1.01. The quantitative estimate of drug-likeness (QED) is 0.521. The fourth-order valence-corrected chi connectivity index (χ4v) is 1.90. The maximum atomic E-state index is 5.92. The maximum Gasteiger partial charge on any atom is 0.123 e. The molecule has 0 aliphatic heterocycles. The first kappa shape index (κ1) is 16.8. The largest absolute Gasteiger partial charge is 0.493 e. The van der Waals surface area contributed by atoms with Crippen molar-refractivity contribution in [1.29, 1.82) is 0 Å². The van der Waals surface area contributed by atoms with Gasteiger partial charge < -0.3 is 10.1 Å². The van der Waals surface area contributed by atoms with Gasteiger partial charge in [0.1, 0.15) is 5.75 Å². The van der Waals surface area contributed by atoms with E-state index in [9.17, 15) is 0 Å². The highest BCUT2D eigenvalue weighted by Gasteiger charge is 2.10. The van der Waals surface area contributed by atoms with Gasteiger partial charge in [-0.25, -0.2) is 0 Å². The van der Waals surface area contributed by atoms with Gasteiger partial charge in [0.25, 0.3) is 0 Å². The Morgan fingerprint density at radius 3 is 2.60 bits per heavy atom. The van der Waals surface area contributed by atoms with Crippen LogP contribution in [0.4, 0.5) is 0 Å². The number of allylic oxidation sites excluding steroid dienone is 1. The number of hydrogen-bond donors (Lipinski definition) is 1. The lowest BCUT2D eigenvalue weighted by Gasteiger charge is -2.21. The maximum absolute atomic E-state index is 5.92. The van der Waals surface area contributed by atoms with Crippen molar-refractivity contribution in [3.63, 3.8) is 0 Å². The minimum atomic E-state index is 0.123. The first-order valence-corrected chi connectivity index (χ1v) is 7.59. The molecule has 0 saturated heterocycles. The average Bonchev–Trinajstić information content (AvgIpc) is 2.40. The second-order valence-electron chi connectivity index (χ2n) is 6.20. The van der Waals surface area contributed by atoms with E-state index in [-0.39, 0.29) is 5.54 Å². The summed E-state index contributed by atoms with van der Waals surface area (Å²) in [5, 5.41) is 3.51. The monoisotopic (exact) mass is 275 g/mol. The summed E-state index contributed by atoms with van der Waals surface area (Å²) in [4.78, 5) is 0. The van der Waals surface area contributed by atoms with Gasteiger partial charge >= 0.3 is 0 Å². The van der Waals surface area contributed by atoms with Crippen molar-refractivity contribution in [3.05, 3.63) is 42.5 Å². The zero-order chi connectivity index (χ0) is 14.8. The van der Waals surface area contributed by atoms with E-state index >= 15 is 0 Å². The molecule has 2 heteroatoms. The van der Waals surface area contributed by atoms with Crippen LogP contribution in [0.3, 0.4) is 0 Å². The number of ether oxygens (including phenoxy) is 1. The van der Waals surface area contributed by atoms with E-state index in [2.05, 4.69) is 50.9 Å². The molecule has 0 amide bonds. The van der Waals surface area contributed by atoms with Crippen LogP contribution in [-0.2, 0) is 6.54 Å². The standard InChI is InChI=1S/C18H29NO/c1-5-6-7-8-11-14-20-17-13-10-9-12-16(17)15-19-18(2,3)4/h5,9-10,12-13,19H,1,6-8,11,14-15H2,2-4H3. The summed E-state index contributed by atoms with van der Waals surface area (Å²) < 4.78 is 5.92. The lowest BCUT2D eigenvalue weighted by atomic mass is 10.1. The van der Waals surface area contributed by atoms with Crippen LogP contribution in [0.2, 0.25) is 0 Å². The summed E-state index contributed by atoms with van der Waals surface area (Å²) in [6.07, 6.45) is 6.60. The molecule has 1 N–H and O–H groups in total. The number of nitrogens with one attached hydrogen (secondary N) is 1. The van der Waals surface area contributed by atoms with Gasteiger partial charge in [-0.1, -0.05) is 24.3 Å². The normalized spacial score (nSPS) is 11.3. The average molecular weight is 275 g/mol. The lowest BCUT2D eigenvalue weighted by molar-refractivity contribution is 0.300. The Balaban J connectivity index is 2.39. The molecule has 0 aromatic heterocycles. The molecule has 1 aromatic carbocycles. The van der Waals surface area contributed by atoms with Gasteiger partial charge in [0.15, 0.2) is 0 Å². The van der Waals surface area contributed by atoms with E-state index in [1.807, 2.05) is 12.1 Å². The Bertz CT molecular complexity index is 393. The molecule has 0 aliphatic carbocycles. The molecule has 0 bridgehead atoms. The van der Waals surface area contributed by atoms with E-state index in [0.29, 0.717) is 0 Å². The van der Waals surface area contributed by atoms with Crippen LogP contribution >= 0.6 is 0 Å². The van der Waals surface area contributed by atoms with E-state index in [4.69, 9.17) is 4.74 Å². The fourth-order valence-electron chi connectivity index (χ4n) is 1.90. The number of para-hydroxylation sites is 1. The minimum absolute atomic E-state index is 0.123. The predicted molar refractivity (Wildman–Crippen MR) is 87.2 cm³/mol. The molecule has 0 radical (unpaired) electrons. The van der Waals surface area contributed by atoms with E-state index in [1.165, 1.54) is 18.4 Å². The highest BCUT2D eigenvalue weighted by Crippen LogP contribution is 2.19. The second-order valence-corrected chi connectivity index (χ2v) is 6.20. The third kappa shape index (κ3) is 7.34. The molecule has 1 rings (SSSR count). The van der Waals surface area contributed by atoms with Crippen LogP contribution in [0.15, 0.2) is 36.9 Å². The van der Waals surface area contributed by atoms with Crippen LogP contribution < -0.4 is 10.1 Å². The molecule has 20 heavy (non-hydrogen) atoms. The van der Waals surface area contributed by atoms with Crippen molar-refractivity contribution >= 4 is 0 Å². The van der Waals surface area contributed by atoms with E-state index in [1.54, 1.807) is 0 Å². The molecular weight excluding hydrogens is 246 g/mol. The first-order chi connectivity index (χ1) is 9.53. The molecule has 0 aliphatic rings. The Hall–Kier alpha value is -1.28. The third-order valence-corrected chi connectivity index (χ3v) is 3.09. The Morgan fingerprint density at radius 2 is 1.90 bits per heavy atom. The lowest BCUT2D eigenvalue weighted by Crippen LogP contribution is -2.35. The molecule has 2 nitrogen and oxygen atoms in total. The Morgan fingerprint density at radius 1 is 1.15 bits per heavy atom. The van der Waals surface area contributed by atoms with Gasteiger partial charge in [0, 0.05) is 17.6 Å². The third-order valence-electron chi connectivity index (χ3n) is 3.09.